The molecule has 0 aliphatic carbocycles. The summed E-state index contributed by atoms with van der Waals surface area (Å²) in [6.07, 6.45) is 53.3. The van der Waals surface area contributed by atoms with E-state index in [1.807, 2.05) is 0 Å². The Bertz CT molecular complexity index is 916. The van der Waals surface area contributed by atoms with Crippen molar-refractivity contribution in [1.29, 1.82) is 0 Å². The number of carbonyl (C=O) groups is 3. The molecule has 0 bridgehead atoms. The van der Waals surface area contributed by atoms with Crippen molar-refractivity contribution in [3.05, 3.63) is 12.2 Å². The van der Waals surface area contributed by atoms with Crippen molar-refractivity contribution < 1.29 is 28.6 Å². The molecule has 1 atom stereocenters. The van der Waals surface area contributed by atoms with E-state index in [1.54, 1.807) is 0 Å². The van der Waals surface area contributed by atoms with E-state index in [1.165, 1.54) is 186 Å². The third-order valence-corrected chi connectivity index (χ3v) is 11.8. The molecule has 0 aromatic carbocycles. The Morgan fingerprint density at radius 3 is 0.881 bits per heavy atom. The average Bonchev–Trinajstić information content (AvgIpc) is 3.23. The molecule has 0 aliphatic rings. The summed E-state index contributed by atoms with van der Waals surface area (Å²) < 4.78 is 16.8. The fourth-order valence-electron chi connectivity index (χ4n) is 7.79. The Balaban J connectivity index is 4.32. The molecule has 0 saturated carbocycles. The molecule has 0 heterocycles. The van der Waals surface area contributed by atoms with E-state index in [2.05, 4.69) is 32.9 Å². The largest absolute Gasteiger partial charge is 0.462 e. The number of ether oxygens (including phenoxy) is 3. The Morgan fingerprint density at radius 2 is 0.559 bits per heavy atom. The van der Waals surface area contributed by atoms with Crippen LogP contribution in [0.15, 0.2) is 12.2 Å². The third kappa shape index (κ3) is 47.1. The van der Waals surface area contributed by atoms with Crippen LogP contribution in [0.1, 0.15) is 290 Å². The zero-order chi connectivity index (χ0) is 43.0. The molecule has 6 heteroatoms. The first-order valence-corrected chi connectivity index (χ1v) is 26.2. The lowest BCUT2D eigenvalue weighted by molar-refractivity contribution is -0.167. The van der Waals surface area contributed by atoms with Crippen molar-refractivity contribution in [3.63, 3.8) is 0 Å². The molecule has 6 nitrogen and oxygen atoms in total. The summed E-state index contributed by atoms with van der Waals surface area (Å²) in [7, 11) is 0. The van der Waals surface area contributed by atoms with E-state index in [-0.39, 0.29) is 31.1 Å². The Morgan fingerprint density at radius 1 is 0.322 bits per heavy atom. The second-order valence-corrected chi connectivity index (χ2v) is 17.8. The first-order valence-electron chi connectivity index (χ1n) is 26.2. The van der Waals surface area contributed by atoms with Gasteiger partial charge in [-0.2, -0.15) is 0 Å². The fourth-order valence-corrected chi connectivity index (χ4v) is 7.79. The van der Waals surface area contributed by atoms with Crippen LogP contribution in [0, 0.1) is 0 Å². The summed E-state index contributed by atoms with van der Waals surface area (Å²) in [6, 6.07) is 0. The SMILES string of the molecule is CCCCC/C=C\CCCCCCCC(=O)OC[C@H](COC(=O)CCCCCCCCCCCCCCCCC)OC(=O)CCCCCCCCCCCCCCCC. The summed E-state index contributed by atoms with van der Waals surface area (Å²) in [6.45, 7) is 6.64. The lowest BCUT2D eigenvalue weighted by Gasteiger charge is -2.18. The van der Waals surface area contributed by atoms with E-state index >= 15 is 0 Å². The first-order chi connectivity index (χ1) is 29.0. The number of hydrogen-bond acceptors (Lipinski definition) is 6. The maximum atomic E-state index is 12.8. The van der Waals surface area contributed by atoms with E-state index in [4.69, 9.17) is 14.2 Å². The topological polar surface area (TPSA) is 78.9 Å². The average molecular weight is 833 g/mol. The zero-order valence-corrected chi connectivity index (χ0v) is 39.8. The van der Waals surface area contributed by atoms with Crippen LogP contribution in [-0.4, -0.2) is 37.2 Å². The van der Waals surface area contributed by atoms with Gasteiger partial charge in [0.2, 0.25) is 0 Å². The number of hydrogen-bond donors (Lipinski definition) is 0. The predicted molar refractivity (Wildman–Crippen MR) is 252 cm³/mol. The van der Waals surface area contributed by atoms with Crippen molar-refractivity contribution in [1.82, 2.24) is 0 Å². The molecule has 0 amide bonds. The molecule has 0 aliphatic heterocycles. The van der Waals surface area contributed by atoms with Gasteiger partial charge in [-0.3, -0.25) is 14.4 Å². The highest BCUT2D eigenvalue weighted by Crippen LogP contribution is 2.16. The maximum absolute atomic E-state index is 12.8. The Hall–Kier alpha value is -1.85. The minimum atomic E-state index is -0.766. The predicted octanol–water partition coefficient (Wildman–Crippen LogP) is 17.0. The van der Waals surface area contributed by atoms with Gasteiger partial charge in [0.15, 0.2) is 6.10 Å². The molecular formula is C53H100O6. The van der Waals surface area contributed by atoms with Crippen LogP contribution in [0.5, 0.6) is 0 Å². The van der Waals surface area contributed by atoms with Gasteiger partial charge in [0.05, 0.1) is 0 Å². The summed E-state index contributed by atoms with van der Waals surface area (Å²) in [4.78, 5) is 37.9. The van der Waals surface area contributed by atoms with Gasteiger partial charge in [0, 0.05) is 19.3 Å². The minimum Gasteiger partial charge on any atom is -0.462 e. The van der Waals surface area contributed by atoms with Crippen LogP contribution in [0.2, 0.25) is 0 Å². The van der Waals surface area contributed by atoms with Crippen LogP contribution in [0.25, 0.3) is 0 Å². The minimum absolute atomic E-state index is 0.0671. The van der Waals surface area contributed by atoms with Crippen LogP contribution >= 0.6 is 0 Å². The van der Waals surface area contributed by atoms with Gasteiger partial charge in [-0.1, -0.05) is 238 Å². The lowest BCUT2D eigenvalue weighted by atomic mass is 10.0. The van der Waals surface area contributed by atoms with Gasteiger partial charge in [-0.05, 0) is 44.9 Å². The van der Waals surface area contributed by atoms with Crippen LogP contribution in [-0.2, 0) is 28.6 Å². The summed E-state index contributed by atoms with van der Waals surface area (Å²) in [5, 5.41) is 0. The molecule has 0 saturated heterocycles. The highest BCUT2D eigenvalue weighted by atomic mass is 16.6. The van der Waals surface area contributed by atoms with Gasteiger partial charge >= 0.3 is 17.9 Å². The number of carbonyl (C=O) groups excluding carboxylic acids is 3. The van der Waals surface area contributed by atoms with Gasteiger partial charge in [-0.25, -0.2) is 0 Å². The van der Waals surface area contributed by atoms with Gasteiger partial charge in [0.25, 0.3) is 0 Å². The Kier molecular flexibility index (Phi) is 47.3. The maximum Gasteiger partial charge on any atom is 0.306 e. The first kappa shape index (κ1) is 57.1. The summed E-state index contributed by atoms with van der Waals surface area (Å²) in [5.41, 5.74) is 0. The van der Waals surface area contributed by atoms with E-state index in [0.717, 1.165) is 64.2 Å². The molecule has 0 fully saturated rings. The van der Waals surface area contributed by atoms with Crippen molar-refractivity contribution in [3.8, 4) is 0 Å². The van der Waals surface area contributed by atoms with Crippen molar-refractivity contribution in [2.45, 2.75) is 297 Å². The molecule has 0 N–H and O–H groups in total. The molecule has 0 unspecified atom stereocenters. The van der Waals surface area contributed by atoms with Crippen LogP contribution in [0.4, 0.5) is 0 Å². The van der Waals surface area contributed by atoms with Gasteiger partial charge in [0.1, 0.15) is 13.2 Å². The molecule has 0 aromatic heterocycles. The van der Waals surface area contributed by atoms with Gasteiger partial charge < -0.3 is 14.2 Å². The Labute approximate surface area is 367 Å². The quantitative estimate of drug-likeness (QED) is 0.0263. The monoisotopic (exact) mass is 833 g/mol. The lowest BCUT2D eigenvalue weighted by Crippen LogP contribution is -2.30. The molecule has 0 radical (unpaired) electrons. The number of unbranched alkanes of at least 4 members (excludes halogenated alkanes) is 35. The third-order valence-electron chi connectivity index (χ3n) is 11.8. The van der Waals surface area contributed by atoms with Crippen molar-refractivity contribution >= 4 is 17.9 Å². The summed E-state index contributed by atoms with van der Waals surface area (Å²) in [5.74, 6) is -0.859. The van der Waals surface area contributed by atoms with E-state index < -0.39 is 6.10 Å². The molecule has 0 spiro atoms. The molecular weight excluding hydrogens is 733 g/mol. The standard InChI is InChI=1S/C53H100O6/c1-4-7-10-13-16-19-22-25-27-29-31-34-37-40-43-46-52(55)58-49-50(48-57-51(54)45-42-39-36-33-30-24-21-18-15-12-9-6-3)59-53(56)47-44-41-38-35-32-28-26-23-20-17-14-11-8-5-2/h18,21,50H,4-17,19-20,22-49H2,1-3H3/b21-18-/t50-/m1/s1. The van der Waals surface area contributed by atoms with Gasteiger partial charge in [-0.15, -0.1) is 0 Å². The van der Waals surface area contributed by atoms with E-state index in [0.29, 0.717) is 19.3 Å². The van der Waals surface area contributed by atoms with Crippen LogP contribution < -0.4 is 0 Å². The highest BCUT2D eigenvalue weighted by Gasteiger charge is 2.19. The number of allylic oxidation sites excluding steroid dienone is 2. The molecule has 59 heavy (non-hydrogen) atoms. The highest BCUT2D eigenvalue weighted by molar-refractivity contribution is 5.71. The molecule has 0 rings (SSSR count). The molecule has 0 aromatic rings. The zero-order valence-electron chi connectivity index (χ0n) is 39.8. The van der Waals surface area contributed by atoms with Crippen molar-refractivity contribution in [2.24, 2.45) is 0 Å². The second-order valence-electron chi connectivity index (χ2n) is 17.8. The smallest absolute Gasteiger partial charge is 0.306 e. The number of esters is 3. The van der Waals surface area contributed by atoms with E-state index in [9.17, 15) is 14.4 Å². The second kappa shape index (κ2) is 48.8. The normalized spacial score (nSPS) is 12.0. The summed E-state index contributed by atoms with van der Waals surface area (Å²) >= 11 is 0. The molecule has 348 valence electrons. The van der Waals surface area contributed by atoms with Crippen molar-refractivity contribution in [2.75, 3.05) is 13.2 Å². The number of rotatable bonds is 48. The fraction of sp³-hybridized carbons (Fsp3) is 0.906. The van der Waals surface area contributed by atoms with Crippen LogP contribution in [0.3, 0.4) is 0 Å².